The molecule has 2 aromatic rings. The number of hydrogen-bond acceptors (Lipinski definition) is 4. The lowest BCUT2D eigenvalue weighted by molar-refractivity contribution is -0.134. The normalized spacial score (nSPS) is 19.2. The summed E-state index contributed by atoms with van der Waals surface area (Å²) in [5, 5.41) is 0.647. The smallest absolute Gasteiger partial charge is 0.236 e. The Morgan fingerprint density at radius 3 is 3.04 bits per heavy atom. The Bertz CT molecular complexity index is 731. The van der Waals surface area contributed by atoms with E-state index in [4.69, 9.17) is 4.74 Å². The number of thioether (sulfide) groups is 1. The quantitative estimate of drug-likeness (QED) is 0.782. The molecule has 136 valence electrons. The van der Waals surface area contributed by atoms with E-state index in [9.17, 15) is 4.79 Å². The predicted octanol–water partition coefficient (Wildman–Crippen LogP) is 4.23. The van der Waals surface area contributed by atoms with Crippen LogP contribution < -0.4 is 4.74 Å². The first kappa shape index (κ1) is 18.1. The first-order valence-corrected chi connectivity index (χ1v) is 10.1. The van der Waals surface area contributed by atoms with Gasteiger partial charge in [-0.1, -0.05) is 18.7 Å². The van der Waals surface area contributed by atoms with Crippen LogP contribution in [0, 0.1) is 0 Å². The number of aromatic nitrogens is 2. The molecule has 1 fully saturated rings. The van der Waals surface area contributed by atoms with E-state index in [0.29, 0.717) is 12.6 Å². The summed E-state index contributed by atoms with van der Waals surface area (Å²) >= 11 is 1.50. The van der Waals surface area contributed by atoms with Crippen LogP contribution in [-0.2, 0) is 4.79 Å². The second-order valence-electron chi connectivity index (χ2n) is 6.50. The molecule has 1 aliphatic heterocycles. The average molecular weight is 362 g/mol. The predicted molar refractivity (Wildman–Crippen MR) is 102 cm³/mol. The standard InChI is InChI=1S/C19H27N3O2S/c1-4-14-8-6-7-11-22(14)18(23)13(3)25-19-20-16-10-9-15(24-5-2)12-17(16)21-19/h9-10,12-14H,4-8,11H2,1-3H3,(H,20,21). The Morgan fingerprint density at radius 1 is 1.44 bits per heavy atom. The summed E-state index contributed by atoms with van der Waals surface area (Å²) < 4.78 is 5.53. The number of carbonyl (C=O) groups is 1. The van der Waals surface area contributed by atoms with Gasteiger partial charge in [0.15, 0.2) is 5.16 Å². The maximum absolute atomic E-state index is 12.9. The fraction of sp³-hybridized carbons (Fsp3) is 0.579. The Labute approximate surface area is 153 Å². The fourth-order valence-electron chi connectivity index (χ4n) is 3.44. The van der Waals surface area contributed by atoms with Gasteiger partial charge < -0.3 is 14.6 Å². The average Bonchev–Trinajstić information content (AvgIpc) is 3.02. The van der Waals surface area contributed by atoms with Gasteiger partial charge in [-0.2, -0.15) is 0 Å². The Morgan fingerprint density at radius 2 is 2.28 bits per heavy atom. The summed E-state index contributed by atoms with van der Waals surface area (Å²) in [6, 6.07) is 6.23. The molecule has 2 atom stereocenters. The number of fused-ring (bicyclic) bond motifs is 1. The number of H-pyrrole nitrogens is 1. The highest BCUT2D eigenvalue weighted by atomic mass is 32.2. The van der Waals surface area contributed by atoms with E-state index >= 15 is 0 Å². The highest BCUT2D eigenvalue weighted by Gasteiger charge is 2.29. The lowest BCUT2D eigenvalue weighted by Gasteiger charge is -2.36. The summed E-state index contributed by atoms with van der Waals surface area (Å²) in [5.74, 6) is 1.06. The molecule has 25 heavy (non-hydrogen) atoms. The maximum atomic E-state index is 12.9. The van der Waals surface area contributed by atoms with Crippen LogP contribution in [0.15, 0.2) is 23.4 Å². The second-order valence-corrected chi connectivity index (χ2v) is 7.83. The van der Waals surface area contributed by atoms with Crippen molar-refractivity contribution in [1.29, 1.82) is 0 Å². The van der Waals surface area contributed by atoms with Gasteiger partial charge in [0.25, 0.3) is 0 Å². The largest absolute Gasteiger partial charge is 0.494 e. The van der Waals surface area contributed by atoms with Gasteiger partial charge in [-0.3, -0.25) is 4.79 Å². The van der Waals surface area contributed by atoms with Crippen molar-refractivity contribution >= 4 is 28.7 Å². The van der Waals surface area contributed by atoms with Gasteiger partial charge in [0.2, 0.25) is 5.91 Å². The van der Waals surface area contributed by atoms with Crippen LogP contribution in [0.2, 0.25) is 0 Å². The summed E-state index contributed by atoms with van der Waals surface area (Å²) in [5.41, 5.74) is 1.84. The number of nitrogens with zero attached hydrogens (tertiary/aromatic N) is 2. The molecule has 0 saturated carbocycles. The summed E-state index contributed by atoms with van der Waals surface area (Å²) in [6.07, 6.45) is 4.51. The lowest BCUT2D eigenvalue weighted by atomic mass is 10.00. The molecular formula is C19H27N3O2S. The Hall–Kier alpha value is -1.69. The van der Waals surface area contributed by atoms with Gasteiger partial charge in [0.05, 0.1) is 22.9 Å². The Balaban J connectivity index is 1.70. The molecular weight excluding hydrogens is 334 g/mol. The number of ether oxygens (including phenoxy) is 1. The van der Waals surface area contributed by atoms with Gasteiger partial charge in [0, 0.05) is 18.7 Å². The SMILES string of the molecule is CCOc1ccc2nc(SC(C)C(=O)N3CCCCC3CC)[nH]c2c1. The van der Waals surface area contributed by atoms with Gasteiger partial charge in [0.1, 0.15) is 5.75 Å². The van der Waals surface area contributed by atoms with Crippen molar-refractivity contribution in [3.05, 3.63) is 18.2 Å². The van der Waals surface area contributed by atoms with E-state index in [0.717, 1.165) is 47.7 Å². The monoisotopic (exact) mass is 361 g/mol. The Kier molecular flexibility index (Phi) is 5.89. The van der Waals surface area contributed by atoms with E-state index in [1.54, 1.807) is 0 Å². The van der Waals surface area contributed by atoms with E-state index in [-0.39, 0.29) is 11.2 Å². The van der Waals surface area contributed by atoms with Crippen molar-refractivity contribution in [3.63, 3.8) is 0 Å². The lowest BCUT2D eigenvalue weighted by Crippen LogP contribution is -2.46. The van der Waals surface area contributed by atoms with Crippen molar-refractivity contribution in [2.45, 2.75) is 62.9 Å². The van der Waals surface area contributed by atoms with Crippen molar-refractivity contribution in [3.8, 4) is 5.75 Å². The van der Waals surface area contributed by atoms with Crippen LogP contribution in [0.1, 0.15) is 46.5 Å². The van der Waals surface area contributed by atoms with E-state index in [2.05, 4.69) is 21.8 Å². The van der Waals surface area contributed by atoms with Crippen molar-refractivity contribution in [1.82, 2.24) is 14.9 Å². The summed E-state index contributed by atoms with van der Waals surface area (Å²) in [6.45, 7) is 7.65. The second kappa shape index (κ2) is 8.13. The molecule has 1 N–H and O–H groups in total. The van der Waals surface area contributed by atoms with Crippen LogP contribution in [0.4, 0.5) is 0 Å². The minimum Gasteiger partial charge on any atom is -0.494 e. The molecule has 1 aromatic heterocycles. The first-order chi connectivity index (χ1) is 12.1. The number of benzene rings is 1. The van der Waals surface area contributed by atoms with Crippen molar-refractivity contribution in [2.24, 2.45) is 0 Å². The molecule has 5 nitrogen and oxygen atoms in total. The zero-order chi connectivity index (χ0) is 17.8. The number of nitrogens with one attached hydrogen (secondary N) is 1. The van der Waals surface area contributed by atoms with Crippen LogP contribution in [-0.4, -0.2) is 45.2 Å². The van der Waals surface area contributed by atoms with Crippen LogP contribution in [0.3, 0.4) is 0 Å². The first-order valence-electron chi connectivity index (χ1n) is 9.22. The van der Waals surface area contributed by atoms with Crippen LogP contribution in [0.25, 0.3) is 11.0 Å². The minimum atomic E-state index is -0.140. The molecule has 1 amide bonds. The highest BCUT2D eigenvalue weighted by Crippen LogP contribution is 2.28. The molecule has 3 rings (SSSR count). The number of piperidine rings is 1. The van der Waals surface area contributed by atoms with E-state index in [1.807, 2.05) is 32.0 Å². The van der Waals surface area contributed by atoms with Crippen molar-refractivity contribution < 1.29 is 9.53 Å². The fourth-order valence-corrected chi connectivity index (χ4v) is 4.34. The third kappa shape index (κ3) is 4.11. The number of carbonyl (C=O) groups excluding carboxylic acids is 1. The maximum Gasteiger partial charge on any atom is 0.236 e. The van der Waals surface area contributed by atoms with Gasteiger partial charge in [-0.05, 0) is 51.7 Å². The summed E-state index contributed by atoms with van der Waals surface area (Å²) in [7, 11) is 0. The molecule has 1 aromatic carbocycles. The van der Waals surface area contributed by atoms with Crippen LogP contribution >= 0.6 is 11.8 Å². The molecule has 1 saturated heterocycles. The third-order valence-corrected chi connectivity index (χ3v) is 5.73. The van der Waals surface area contributed by atoms with E-state index in [1.165, 1.54) is 18.2 Å². The molecule has 0 radical (unpaired) electrons. The molecule has 0 spiro atoms. The number of aromatic amines is 1. The van der Waals surface area contributed by atoms with Gasteiger partial charge in [-0.25, -0.2) is 4.98 Å². The van der Waals surface area contributed by atoms with Crippen molar-refractivity contribution in [2.75, 3.05) is 13.2 Å². The highest BCUT2D eigenvalue weighted by molar-refractivity contribution is 8.00. The van der Waals surface area contributed by atoms with Gasteiger partial charge in [-0.15, -0.1) is 0 Å². The third-order valence-electron chi connectivity index (χ3n) is 4.76. The summed E-state index contributed by atoms with van der Waals surface area (Å²) in [4.78, 5) is 22.9. The number of imidazole rings is 1. The van der Waals surface area contributed by atoms with Crippen LogP contribution in [0.5, 0.6) is 5.75 Å². The van der Waals surface area contributed by atoms with Gasteiger partial charge >= 0.3 is 0 Å². The molecule has 1 aliphatic rings. The zero-order valence-corrected chi connectivity index (χ0v) is 16.1. The minimum absolute atomic E-state index is 0.140. The molecule has 2 unspecified atom stereocenters. The number of likely N-dealkylation sites (tertiary alicyclic amines) is 1. The molecule has 2 heterocycles. The zero-order valence-electron chi connectivity index (χ0n) is 15.2. The molecule has 0 bridgehead atoms. The topological polar surface area (TPSA) is 58.2 Å². The van der Waals surface area contributed by atoms with E-state index < -0.39 is 0 Å². The molecule has 0 aliphatic carbocycles. The molecule has 6 heteroatoms. The number of amides is 1. The number of hydrogen-bond donors (Lipinski definition) is 1. The number of rotatable bonds is 6.